The molecule has 0 aromatic heterocycles. The molecule has 1 N–H and O–H groups in total. The molecule has 0 saturated heterocycles. The van der Waals surface area contributed by atoms with Crippen LogP contribution in [0.5, 0.6) is 0 Å². The SMILES string of the molecule is COC(=O)CNCC1CC2C=CC1C2. The predicted octanol–water partition coefficient (Wildman–Crippen LogP) is 0.961. The summed E-state index contributed by atoms with van der Waals surface area (Å²) in [5.74, 6) is 2.12. The Morgan fingerprint density at radius 3 is 2.93 bits per heavy atom. The first-order valence-corrected chi connectivity index (χ1v) is 5.25. The molecule has 3 unspecified atom stereocenters. The molecular weight excluding hydrogens is 178 g/mol. The largest absolute Gasteiger partial charge is 0.468 e. The number of carbonyl (C=O) groups excluding carboxylic acids is 1. The van der Waals surface area contributed by atoms with Crippen molar-refractivity contribution in [3.05, 3.63) is 12.2 Å². The summed E-state index contributed by atoms with van der Waals surface area (Å²) in [5, 5.41) is 3.15. The van der Waals surface area contributed by atoms with Gasteiger partial charge in [0.25, 0.3) is 0 Å². The second kappa shape index (κ2) is 4.13. The van der Waals surface area contributed by atoms with Crippen LogP contribution < -0.4 is 5.32 Å². The summed E-state index contributed by atoms with van der Waals surface area (Å²) < 4.78 is 4.56. The first kappa shape index (κ1) is 9.71. The molecule has 1 fully saturated rings. The Morgan fingerprint density at radius 2 is 2.36 bits per heavy atom. The van der Waals surface area contributed by atoms with Crippen LogP contribution in [0.3, 0.4) is 0 Å². The van der Waals surface area contributed by atoms with Crippen molar-refractivity contribution in [2.24, 2.45) is 17.8 Å². The first-order chi connectivity index (χ1) is 6.79. The van der Waals surface area contributed by atoms with Crippen molar-refractivity contribution in [2.45, 2.75) is 12.8 Å². The van der Waals surface area contributed by atoms with Crippen LogP contribution in [0.4, 0.5) is 0 Å². The molecule has 3 heteroatoms. The summed E-state index contributed by atoms with van der Waals surface area (Å²) in [6, 6.07) is 0. The number of carbonyl (C=O) groups is 1. The van der Waals surface area contributed by atoms with E-state index >= 15 is 0 Å². The van der Waals surface area contributed by atoms with Crippen LogP contribution in [0.1, 0.15) is 12.8 Å². The number of ether oxygens (including phenoxy) is 1. The fourth-order valence-corrected chi connectivity index (χ4v) is 2.56. The molecule has 0 aromatic carbocycles. The molecule has 2 rings (SSSR count). The van der Waals surface area contributed by atoms with Gasteiger partial charge in [0, 0.05) is 0 Å². The van der Waals surface area contributed by atoms with Gasteiger partial charge in [-0.1, -0.05) is 12.2 Å². The molecule has 0 aliphatic heterocycles. The zero-order valence-electron chi connectivity index (χ0n) is 8.53. The van der Waals surface area contributed by atoms with Crippen molar-refractivity contribution in [2.75, 3.05) is 20.2 Å². The monoisotopic (exact) mass is 195 g/mol. The van der Waals surface area contributed by atoms with Crippen LogP contribution in [-0.4, -0.2) is 26.2 Å². The van der Waals surface area contributed by atoms with E-state index in [1.807, 2.05) is 0 Å². The Kier molecular flexibility index (Phi) is 2.87. The van der Waals surface area contributed by atoms with E-state index in [4.69, 9.17) is 0 Å². The highest BCUT2D eigenvalue weighted by atomic mass is 16.5. The molecule has 0 amide bonds. The fourth-order valence-electron chi connectivity index (χ4n) is 2.56. The van der Waals surface area contributed by atoms with Crippen molar-refractivity contribution < 1.29 is 9.53 Å². The van der Waals surface area contributed by atoms with Gasteiger partial charge >= 0.3 is 5.97 Å². The molecule has 3 nitrogen and oxygen atoms in total. The number of rotatable bonds is 4. The van der Waals surface area contributed by atoms with Crippen LogP contribution in [0.15, 0.2) is 12.2 Å². The topological polar surface area (TPSA) is 38.3 Å². The minimum absolute atomic E-state index is 0.177. The number of hydrogen-bond acceptors (Lipinski definition) is 3. The van der Waals surface area contributed by atoms with Gasteiger partial charge in [-0.15, -0.1) is 0 Å². The van der Waals surface area contributed by atoms with E-state index in [-0.39, 0.29) is 5.97 Å². The summed E-state index contributed by atoms with van der Waals surface area (Å²) in [4.78, 5) is 10.8. The van der Waals surface area contributed by atoms with E-state index in [0.29, 0.717) is 6.54 Å². The van der Waals surface area contributed by atoms with Crippen molar-refractivity contribution in [1.29, 1.82) is 0 Å². The summed E-state index contributed by atoms with van der Waals surface area (Å²) in [6.45, 7) is 1.29. The fraction of sp³-hybridized carbons (Fsp3) is 0.727. The predicted molar refractivity (Wildman–Crippen MR) is 53.7 cm³/mol. The highest BCUT2D eigenvalue weighted by Gasteiger charge is 2.34. The van der Waals surface area contributed by atoms with Crippen LogP contribution in [0.2, 0.25) is 0 Å². The van der Waals surface area contributed by atoms with Gasteiger partial charge in [-0.2, -0.15) is 0 Å². The van der Waals surface area contributed by atoms with E-state index in [1.54, 1.807) is 0 Å². The molecule has 1 saturated carbocycles. The summed E-state index contributed by atoms with van der Waals surface area (Å²) in [7, 11) is 1.42. The number of methoxy groups -OCH3 is 1. The number of hydrogen-bond donors (Lipinski definition) is 1. The highest BCUT2D eigenvalue weighted by molar-refractivity contribution is 5.71. The maximum Gasteiger partial charge on any atom is 0.319 e. The minimum Gasteiger partial charge on any atom is -0.468 e. The van der Waals surface area contributed by atoms with Gasteiger partial charge in [0.15, 0.2) is 0 Å². The second-order valence-electron chi connectivity index (χ2n) is 4.25. The lowest BCUT2D eigenvalue weighted by molar-refractivity contribution is -0.139. The van der Waals surface area contributed by atoms with E-state index in [2.05, 4.69) is 22.2 Å². The van der Waals surface area contributed by atoms with Crippen molar-refractivity contribution in [3.63, 3.8) is 0 Å². The number of nitrogens with one attached hydrogen (secondary N) is 1. The molecule has 14 heavy (non-hydrogen) atoms. The summed E-state index contributed by atoms with van der Waals surface area (Å²) >= 11 is 0. The zero-order chi connectivity index (χ0) is 9.97. The van der Waals surface area contributed by atoms with E-state index in [9.17, 15) is 4.79 Å². The van der Waals surface area contributed by atoms with Gasteiger partial charge in [-0.05, 0) is 37.1 Å². The third kappa shape index (κ3) is 1.98. The Hall–Kier alpha value is -0.830. The Bertz CT molecular complexity index is 250. The van der Waals surface area contributed by atoms with E-state index < -0.39 is 0 Å². The molecule has 0 heterocycles. The molecule has 2 aliphatic rings. The number of esters is 1. The smallest absolute Gasteiger partial charge is 0.319 e. The van der Waals surface area contributed by atoms with E-state index in [0.717, 1.165) is 24.3 Å². The first-order valence-electron chi connectivity index (χ1n) is 5.25. The standard InChI is InChI=1S/C11H17NO2/c1-14-11(13)7-12-6-10-5-8-2-3-9(10)4-8/h2-3,8-10,12H,4-7H2,1H3. The second-order valence-corrected chi connectivity index (χ2v) is 4.25. The molecule has 0 aromatic rings. The van der Waals surface area contributed by atoms with Crippen molar-refractivity contribution >= 4 is 5.97 Å². The van der Waals surface area contributed by atoms with Gasteiger partial charge in [0.2, 0.25) is 0 Å². The van der Waals surface area contributed by atoms with Crippen LogP contribution in [0, 0.1) is 17.8 Å². The lowest BCUT2D eigenvalue weighted by atomic mass is 9.94. The molecule has 2 bridgehead atoms. The normalized spacial score (nSPS) is 33.6. The maximum absolute atomic E-state index is 10.8. The molecular formula is C11H17NO2. The van der Waals surface area contributed by atoms with Gasteiger partial charge in [-0.25, -0.2) is 0 Å². The van der Waals surface area contributed by atoms with Crippen LogP contribution >= 0.6 is 0 Å². The quantitative estimate of drug-likeness (QED) is 0.536. The Morgan fingerprint density at radius 1 is 1.50 bits per heavy atom. The average molecular weight is 195 g/mol. The Labute approximate surface area is 84.5 Å². The maximum atomic E-state index is 10.8. The lowest BCUT2D eigenvalue weighted by Crippen LogP contribution is -2.30. The Balaban J connectivity index is 1.67. The third-order valence-electron chi connectivity index (χ3n) is 3.32. The molecule has 78 valence electrons. The summed E-state index contributed by atoms with van der Waals surface area (Å²) in [6.07, 6.45) is 7.28. The van der Waals surface area contributed by atoms with Gasteiger partial charge in [-0.3, -0.25) is 4.79 Å². The van der Waals surface area contributed by atoms with Crippen LogP contribution in [-0.2, 0) is 9.53 Å². The zero-order valence-corrected chi connectivity index (χ0v) is 8.53. The number of fused-ring (bicyclic) bond motifs is 2. The van der Waals surface area contributed by atoms with E-state index in [1.165, 1.54) is 20.0 Å². The third-order valence-corrected chi connectivity index (χ3v) is 3.32. The summed E-state index contributed by atoms with van der Waals surface area (Å²) in [5.41, 5.74) is 0. The average Bonchev–Trinajstić information content (AvgIpc) is 2.79. The highest BCUT2D eigenvalue weighted by Crippen LogP contribution is 2.42. The van der Waals surface area contributed by atoms with Gasteiger partial charge in [0.1, 0.15) is 0 Å². The lowest BCUT2D eigenvalue weighted by Gasteiger charge is -2.17. The van der Waals surface area contributed by atoms with Gasteiger partial charge < -0.3 is 10.1 Å². The van der Waals surface area contributed by atoms with Crippen LogP contribution in [0.25, 0.3) is 0 Å². The minimum atomic E-state index is -0.177. The van der Waals surface area contributed by atoms with Gasteiger partial charge in [0.05, 0.1) is 13.7 Å². The number of allylic oxidation sites excluding steroid dienone is 2. The van der Waals surface area contributed by atoms with Crippen molar-refractivity contribution in [3.8, 4) is 0 Å². The molecule has 2 aliphatic carbocycles. The molecule has 0 radical (unpaired) electrons. The molecule has 3 atom stereocenters. The van der Waals surface area contributed by atoms with Crippen molar-refractivity contribution in [1.82, 2.24) is 5.32 Å². The molecule has 0 spiro atoms.